The average molecular weight is 1340 g/mol. The number of aromatic nitrogens is 6. The van der Waals surface area contributed by atoms with Gasteiger partial charge in [0.1, 0.15) is 15.5 Å². The third-order valence-corrected chi connectivity index (χ3v) is 17.1. The van der Waals surface area contributed by atoms with Crippen molar-refractivity contribution in [1.29, 1.82) is 0 Å². The standard InChI is InChI=1S/C44H37Cl2N15O19S6/c1-2-21-5-3-4-6-31(21)51-44-55-40(46)54-43(57-44)50-25-16-27(20-30(18-25)83(68,69)70)59-61-37-33(85(74,75)76)14-22-13-32(84(71,72)73)36(35(47)34(22)38(37)62)60-58-26-15-24(17-29(19-26)82(65,66)67)49-42-53-39(45)52-41(56-42)48-23-7-9-28(10-8-23)81(63,64)12-11-80-86(77,78)79/h3-10,13-20,59H,2,11-12,47H2,1H3,(H,65,66,67)(H,68,69,70)(H,71,72,73)(H,74,75,76)(H,77,78,79)(H2,48,49,52,53,56)(H2,50,51,54,55,57)/b60-58?,61-37-. The van der Waals surface area contributed by atoms with E-state index in [1.54, 1.807) is 12.1 Å². The first-order valence-electron chi connectivity index (χ1n) is 23.2. The van der Waals surface area contributed by atoms with Crippen molar-refractivity contribution in [3.8, 4) is 0 Å². The van der Waals surface area contributed by atoms with Crippen LogP contribution in [0.4, 0.5) is 69.3 Å². The molecular weight excluding hydrogens is 1310 g/mol. The van der Waals surface area contributed by atoms with Crippen LogP contribution in [0.25, 0.3) is 6.08 Å². The van der Waals surface area contributed by atoms with Crippen LogP contribution in [0.15, 0.2) is 131 Å². The highest BCUT2D eigenvalue weighted by atomic mass is 35.5. The lowest BCUT2D eigenvalue weighted by atomic mass is 9.92. The molecule has 12 N–H and O–H groups in total. The van der Waals surface area contributed by atoms with Crippen LogP contribution in [-0.2, 0) is 71.3 Å². The molecule has 5 aromatic carbocycles. The Labute approximate surface area is 496 Å². The van der Waals surface area contributed by atoms with Gasteiger partial charge in [-0.15, -0.1) is 5.11 Å². The number of carbonyl (C=O) groups is 1. The van der Waals surface area contributed by atoms with Crippen LogP contribution in [0.1, 0.15) is 28.4 Å². The van der Waals surface area contributed by atoms with Crippen molar-refractivity contribution in [2.45, 2.75) is 32.9 Å². The number of carbonyl (C=O) groups excluding carboxylic acids is 1. The van der Waals surface area contributed by atoms with Gasteiger partial charge in [0.15, 0.2) is 15.5 Å². The van der Waals surface area contributed by atoms with E-state index in [4.69, 9.17) is 33.5 Å². The number of aryl methyl sites for hydroxylation is 1. The minimum Gasteiger partial charge on any atom is -0.396 e. The first-order chi connectivity index (χ1) is 40.0. The summed E-state index contributed by atoms with van der Waals surface area (Å²) in [4.78, 5) is 34.0. The van der Waals surface area contributed by atoms with Crippen molar-refractivity contribution in [2.24, 2.45) is 15.3 Å². The van der Waals surface area contributed by atoms with Crippen molar-refractivity contribution in [3.05, 3.63) is 123 Å². The van der Waals surface area contributed by atoms with E-state index in [-0.39, 0.29) is 45.1 Å². The zero-order chi connectivity index (χ0) is 62.9. The number of benzene rings is 5. The molecule has 0 saturated heterocycles. The monoisotopic (exact) mass is 1340 g/mol. The topological polar surface area (TPSA) is 533 Å². The summed E-state index contributed by atoms with van der Waals surface area (Å²) in [6, 6.07) is 17.7. The molecule has 0 aliphatic heterocycles. The number of hydrazone groups is 1. The van der Waals surface area contributed by atoms with Gasteiger partial charge in [-0.05, 0) is 120 Å². The summed E-state index contributed by atoms with van der Waals surface area (Å²) in [5, 5.41) is 21.6. The van der Waals surface area contributed by atoms with Crippen LogP contribution >= 0.6 is 23.2 Å². The van der Waals surface area contributed by atoms with Crippen LogP contribution in [-0.4, -0.2) is 127 Å². The molecule has 0 atom stereocenters. The molecule has 7 aromatic rings. The second-order valence-corrected chi connectivity index (χ2v) is 26.7. The number of rotatable bonds is 22. The number of fused-ring (bicyclic) bond motifs is 1. The number of azo groups is 1. The Bertz CT molecular complexity index is 4760. The lowest BCUT2D eigenvalue weighted by molar-refractivity contribution is 0.106. The smallest absolute Gasteiger partial charge is 0.396 e. The Balaban J connectivity index is 1.10. The van der Waals surface area contributed by atoms with E-state index >= 15 is 0 Å². The minimum atomic E-state index is -5.52. The summed E-state index contributed by atoms with van der Waals surface area (Å²) in [6.45, 7) is 1.02. The van der Waals surface area contributed by atoms with Gasteiger partial charge in [0.2, 0.25) is 40.1 Å². The van der Waals surface area contributed by atoms with E-state index < -0.39 is 149 Å². The van der Waals surface area contributed by atoms with Crippen molar-refractivity contribution >= 4 is 171 Å². The molecule has 2 aromatic heterocycles. The van der Waals surface area contributed by atoms with Crippen molar-refractivity contribution in [2.75, 3.05) is 44.8 Å². The summed E-state index contributed by atoms with van der Waals surface area (Å²) in [5.74, 6) is -3.38. The molecule has 0 radical (unpaired) electrons. The van der Waals surface area contributed by atoms with Crippen molar-refractivity contribution in [3.63, 3.8) is 0 Å². The van der Waals surface area contributed by atoms with E-state index in [9.17, 15) is 73.5 Å². The Morgan fingerprint density at radius 2 is 1.12 bits per heavy atom. The summed E-state index contributed by atoms with van der Waals surface area (Å²) >= 11 is 12.3. The zero-order valence-electron chi connectivity index (χ0n) is 42.6. The third-order valence-electron chi connectivity index (χ3n) is 11.2. The zero-order valence-corrected chi connectivity index (χ0v) is 49.0. The van der Waals surface area contributed by atoms with Gasteiger partial charge in [0, 0.05) is 22.7 Å². The molecule has 0 spiro atoms. The first kappa shape index (κ1) is 63.7. The van der Waals surface area contributed by atoms with Gasteiger partial charge < -0.3 is 27.0 Å². The highest BCUT2D eigenvalue weighted by Gasteiger charge is 2.37. The number of nitrogen functional groups attached to an aromatic ring is 1. The van der Waals surface area contributed by atoms with Crippen LogP contribution in [0.5, 0.6) is 0 Å². The summed E-state index contributed by atoms with van der Waals surface area (Å²) in [6.07, 6.45) is 1.15. The maximum atomic E-state index is 14.4. The van der Waals surface area contributed by atoms with Crippen molar-refractivity contribution < 1.29 is 82.2 Å². The second-order valence-electron chi connectivity index (χ2n) is 17.2. The van der Waals surface area contributed by atoms with E-state index in [0.29, 0.717) is 30.3 Å². The number of sulfone groups is 1. The largest absolute Gasteiger partial charge is 0.397 e. The van der Waals surface area contributed by atoms with Gasteiger partial charge in [-0.3, -0.25) is 33.0 Å². The van der Waals surface area contributed by atoms with Gasteiger partial charge >= 0.3 is 10.4 Å². The maximum absolute atomic E-state index is 14.4. The Hall–Kier alpha value is -8.36. The molecule has 1 aliphatic rings. The van der Waals surface area contributed by atoms with Crippen LogP contribution in [0.2, 0.25) is 10.6 Å². The minimum absolute atomic E-state index is 0.0564. The highest BCUT2D eigenvalue weighted by molar-refractivity contribution is 7.91. The molecule has 34 nitrogen and oxygen atoms in total. The SMILES string of the molecule is CCc1ccccc1Nc1nc(Cl)nc(Nc2cc(N/N=C3\C(=O)c4c(cc(S(=O)(=O)O)c(N=Nc5cc(Nc6nc(Cl)nc(Nc7ccc(S(=O)(=O)CCOS(=O)(=O)O)cc7)n6)cc(S(=O)(=O)O)c5)c4N)C=C3S(=O)(=O)O)cc(S(=O)(=O)O)c2)n1. The van der Waals surface area contributed by atoms with Gasteiger partial charge in [-0.1, -0.05) is 25.1 Å². The fraction of sp³-hybridized carbons (Fsp3) is 0.0909. The fourth-order valence-corrected chi connectivity index (χ4v) is 11.8. The Kier molecular flexibility index (Phi) is 18.2. The van der Waals surface area contributed by atoms with E-state index in [1.165, 1.54) is 12.1 Å². The normalized spacial score (nSPS) is 13.7. The number of nitrogens with two attached hydrogens (primary N) is 1. The number of allylic oxidation sites excluding steroid dienone is 1. The van der Waals surface area contributed by atoms with Crippen LogP contribution in [0.3, 0.4) is 0 Å². The number of hydrogen-bond acceptors (Lipinski definition) is 29. The molecule has 8 rings (SSSR count). The molecule has 452 valence electrons. The lowest BCUT2D eigenvalue weighted by Gasteiger charge is -2.20. The molecule has 0 fully saturated rings. The maximum Gasteiger partial charge on any atom is 0.397 e. The first-order valence-corrected chi connectivity index (χ1v) is 32.7. The number of ketones is 1. The molecule has 42 heteroatoms. The van der Waals surface area contributed by atoms with Gasteiger partial charge in [0.05, 0.1) is 49.7 Å². The molecule has 0 amide bonds. The third kappa shape index (κ3) is 15.9. The van der Waals surface area contributed by atoms with Gasteiger partial charge in [-0.2, -0.15) is 82.2 Å². The lowest BCUT2D eigenvalue weighted by Crippen LogP contribution is -2.28. The van der Waals surface area contributed by atoms with E-state index in [2.05, 4.69) is 76.1 Å². The molecule has 2 heterocycles. The Morgan fingerprint density at radius 3 is 1.66 bits per heavy atom. The Morgan fingerprint density at radius 1 is 0.581 bits per heavy atom. The number of Topliss-reactive ketones (excluding diaryl/α,β-unsaturated/α-hetero) is 1. The molecule has 0 bridgehead atoms. The number of nitrogens with zero attached hydrogens (tertiary/aromatic N) is 9. The summed E-state index contributed by atoms with van der Waals surface area (Å²) in [5.41, 5.74) is 4.12. The quantitative estimate of drug-likeness (QED) is 0.0157. The number of nitrogens with one attached hydrogen (secondary N) is 5. The number of para-hydroxylation sites is 1. The van der Waals surface area contributed by atoms with E-state index in [0.717, 1.165) is 48.0 Å². The van der Waals surface area contributed by atoms with E-state index in [1.807, 2.05) is 19.1 Å². The van der Waals surface area contributed by atoms with Crippen LogP contribution in [0, 0.1) is 0 Å². The van der Waals surface area contributed by atoms with Crippen molar-refractivity contribution in [1.82, 2.24) is 29.9 Å². The highest BCUT2D eigenvalue weighted by Crippen LogP contribution is 2.42. The fourth-order valence-electron chi connectivity index (χ4n) is 7.57. The average Bonchev–Trinajstić information content (AvgIpc) is 1.20. The van der Waals surface area contributed by atoms with Gasteiger partial charge in [-0.25, -0.2) is 12.6 Å². The molecule has 0 unspecified atom stereocenters. The van der Waals surface area contributed by atoms with Gasteiger partial charge in [0.25, 0.3) is 40.5 Å². The summed E-state index contributed by atoms with van der Waals surface area (Å²) in [7, 11) is -30.2. The molecule has 86 heavy (non-hydrogen) atoms. The number of halogens is 2. The summed E-state index contributed by atoms with van der Waals surface area (Å²) < 4.78 is 202. The molecule has 0 saturated carbocycles. The predicted octanol–water partition coefficient (Wildman–Crippen LogP) is 6.12. The molecule has 1 aliphatic carbocycles. The number of hydrogen-bond donors (Lipinski definition) is 11. The molecular formula is C44H37Cl2N15O19S6. The van der Waals surface area contributed by atoms with Crippen LogP contribution < -0.4 is 32.4 Å². The number of anilines is 10. The predicted molar refractivity (Wildman–Crippen MR) is 307 cm³/mol. The second kappa shape index (κ2) is 24.6.